The van der Waals surface area contributed by atoms with Crippen LogP contribution in [0, 0.1) is 5.92 Å². The second-order valence-corrected chi connectivity index (χ2v) is 5.78. The van der Waals surface area contributed by atoms with E-state index in [-0.39, 0.29) is 17.7 Å². The van der Waals surface area contributed by atoms with Crippen molar-refractivity contribution in [3.63, 3.8) is 0 Å². The molecule has 2 rings (SSSR count). The van der Waals surface area contributed by atoms with Crippen LogP contribution in [-0.4, -0.2) is 11.8 Å². The van der Waals surface area contributed by atoms with Crippen LogP contribution in [0.5, 0.6) is 0 Å². The van der Waals surface area contributed by atoms with E-state index in [1.54, 1.807) is 12.1 Å². The molecule has 6 heteroatoms. The molecule has 1 heterocycles. The van der Waals surface area contributed by atoms with Crippen LogP contribution < -0.4 is 10.9 Å². The summed E-state index contributed by atoms with van der Waals surface area (Å²) in [4.78, 5) is 23.3. The van der Waals surface area contributed by atoms with E-state index in [1.165, 1.54) is 11.3 Å². The van der Waals surface area contributed by atoms with Crippen LogP contribution in [0.15, 0.2) is 15.9 Å². The Morgan fingerprint density at radius 2 is 2.07 bits per heavy atom. The molecule has 0 spiro atoms. The molecule has 1 aromatic rings. The third kappa shape index (κ3) is 2.79. The quantitative estimate of drug-likeness (QED) is 0.814. The maximum Gasteiger partial charge on any atom is 0.279 e. The molecule has 0 atom stereocenters. The maximum atomic E-state index is 11.5. The molecule has 1 saturated carbocycles. The number of amides is 2. The van der Waals surface area contributed by atoms with Gasteiger partial charge in [-0.3, -0.25) is 20.4 Å². The van der Waals surface area contributed by atoms with E-state index in [1.807, 2.05) is 0 Å². The van der Waals surface area contributed by atoms with Gasteiger partial charge in [0.1, 0.15) is 0 Å². The molecule has 0 unspecified atom stereocenters. The summed E-state index contributed by atoms with van der Waals surface area (Å²) in [6, 6.07) is 3.50. The third-order valence-corrected chi connectivity index (χ3v) is 3.67. The summed E-state index contributed by atoms with van der Waals surface area (Å²) in [6.45, 7) is 0. The van der Waals surface area contributed by atoms with Crippen molar-refractivity contribution in [2.45, 2.75) is 12.8 Å². The van der Waals surface area contributed by atoms with Crippen molar-refractivity contribution in [3.8, 4) is 0 Å². The van der Waals surface area contributed by atoms with Gasteiger partial charge >= 0.3 is 0 Å². The smallest absolute Gasteiger partial charge is 0.273 e. The fourth-order valence-corrected chi connectivity index (χ4v) is 2.35. The van der Waals surface area contributed by atoms with Gasteiger partial charge in [-0.15, -0.1) is 11.3 Å². The molecule has 1 aliphatic rings. The highest BCUT2D eigenvalue weighted by Gasteiger charge is 2.29. The van der Waals surface area contributed by atoms with Gasteiger partial charge in [-0.05, 0) is 40.9 Å². The lowest BCUT2D eigenvalue weighted by Gasteiger charge is -2.04. The van der Waals surface area contributed by atoms with E-state index >= 15 is 0 Å². The number of halogens is 1. The lowest BCUT2D eigenvalue weighted by Crippen LogP contribution is -2.42. The first-order valence-electron chi connectivity index (χ1n) is 4.52. The van der Waals surface area contributed by atoms with Gasteiger partial charge in [0.05, 0.1) is 8.66 Å². The molecule has 0 saturated heterocycles. The van der Waals surface area contributed by atoms with Crippen LogP contribution in [0.1, 0.15) is 22.5 Å². The normalized spacial score (nSPS) is 14.7. The van der Waals surface area contributed by atoms with Crippen molar-refractivity contribution < 1.29 is 9.59 Å². The highest BCUT2D eigenvalue weighted by atomic mass is 79.9. The Bertz CT molecular complexity index is 401. The second kappa shape index (κ2) is 4.32. The maximum absolute atomic E-state index is 11.5. The zero-order valence-corrected chi connectivity index (χ0v) is 10.2. The highest BCUT2D eigenvalue weighted by molar-refractivity contribution is 9.11. The Kier molecular flexibility index (Phi) is 3.06. The molecule has 0 aliphatic heterocycles. The molecule has 1 aliphatic carbocycles. The average Bonchev–Trinajstić information content (AvgIpc) is 2.97. The van der Waals surface area contributed by atoms with Crippen LogP contribution >= 0.6 is 27.3 Å². The van der Waals surface area contributed by atoms with E-state index in [9.17, 15) is 9.59 Å². The highest BCUT2D eigenvalue weighted by Crippen LogP contribution is 2.28. The van der Waals surface area contributed by atoms with Gasteiger partial charge in [0.2, 0.25) is 5.91 Å². The Morgan fingerprint density at radius 1 is 1.33 bits per heavy atom. The number of carbonyl (C=O) groups is 2. The van der Waals surface area contributed by atoms with Gasteiger partial charge < -0.3 is 0 Å². The van der Waals surface area contributed by atoms with Gasteiger partial charge in [-0.25, -0.2) is 0 Å². The van der Waals surface area contributed by atoms with Crippen molar-refractivity contribution in [1.29, 1.82) is 0 Å². The Hall–Kier alpha value is -0.880. The van der Waals surface area contributed by atoms with Crippen molar-refractivity contribution >= 4 is 39.1 Å². The summed E-state index contributed by atoms with van der Waals surface area (Å²) >= 11 is 4.59. The lowest BCUT2D eigenvalue weighted by molar-refractivity contribution is -0.123. The largest absolute Gasteiger partial charge is 0.279 e. The minimum atomic E-state index is -0.278. The van der Waals surface area contributed by atoms with Crippen LogP contribution in [0.4, 0.5) is 0 Å². The SMILES string of the molecule is O=C(NNC(=O)C1CC1)c1ccc(Br)s1. The number of carbonyl (C=O) groups excluding carboxylic acids is 2. The summed E-state index contributed by atoms with van der Waals surface area (Å²) in [5.41, 5.74) is 4.79. The van der Waals surface area contributed by atoms with E-state index < -0.39 is 0 Å². The van der Waals surface area contributed by atoms with Crippen LogP contribution in [-0.2, 0) is 4.79 Å². The van der Waals surface area contributed by atoms with Crippen LogP contribution in [0.3, 0.4) is 0 Å². The molecule has 80 valence electrons. The first-order chi connectivity index (χ1) is 7.16. The van der Waals surface area contributed by atoms with Gasteiger partial charge in [-0.2, -0.15) is 0 Å². The molecule has 2 amide bonds. The minimum Gasteiger partial charge on any atom is -0.273 e. The summed E-state index contributed by atoms with van der Waals surface area (Å²) in [7, 11) is 0. The molecule has 0 bridgehead atoms. The zero-order chi connectivity index (χ0) is 10.8. The van der Waals surface area contributed by atoms with Gasteiger partial charge in [0, 0.05) is 5.92 Å². The molecule has 0 radical (unpaired) electrons. The Morgan fingerprint density at radius 3 is 2.60 bits per heavy atom. The molecule has 2 N–H and O–H groups in total. The van der Waals surface area contributed by atoms with E-state index in [0.717, 1.165) is 16.6 Å². The summed E-state index contributed by atoms with van der Waals surface area (Å²) in [5.74, 6) is -0.279. The number of hydrazine groups is 1. The Balaban J connectivity index is 1.84. The number of hydrogen-bond acceptors (Lipinski definition) is 3. The number of hydrogen-bond donors (Lipinski definition) is 2. The Labute approximate surface area is 99.2 Å². The number of rotatable bonds is 2. The predicted molar refractivity (Wildman–Crippen MR) is 60.4 cm³/mol. The fourth-order valence-electron chi connectivity index (χ4n) is 1.06. The first kappa shape index (κ1) is 10.6. The first-order valence-corrected chi connectivity index (χ1v) is 6.13. The second-order valence-electron chi connectivity index (χ2n) is 3.32. The molecule has 1 aromatic heterocycles. The predicted octanol–water partition coefficient (Wildman–Crippen LogP) is 1.68. The molecule has 1 fully saturated rings. The molecule has 15 heavy (non-hydrogen) atoms. The van der Waals surface area contributed by atoms with Crippen LogP contribution in [0.2, 0.25) is 0 Å². The zero-order valence-electron chi connectivity index (χ0n) is 7.75. The molecular formula is C9H9BrN2O2S. The van der Waals surface area contributed by atoms with Crippen molar-refractivity contribution in [2.75, 3.05) is 0 Å². The van der Waals surface area contributed by atoms with Crippen molar-refractivity contribution in [2.24, 2.45) is 5.92 Å². The average molecular weight is 289 g/mol. The van der Waals surface area contributed by atoms with Gasteiger partial charge in [0.25, 0.3) is 5.91 Å². The molecule has 0 aromatic carbocycles. The third-order valence-electron chi connectivity index (χ3n) is 2.04. The molecular weight excluding hydrogens is 280 g/mol. The van der Waals surface area contributed by atoms with E-state index in [4.69, 9.17) is 0 Å². The molecule has 4 nitrogen and oxygen atoms in total. The monoisotopic (exact) mass is 288 g/mol. The summed E-state index contributed by atoms with van der Waals surface area (Å²) in [5, 5.41) is 0. The topological polar surface area (TPSA) is 58.2 Å². The van der Waals surface area contributed by atoms with Crippen molar-refractivity contribution in [3.05, 3.63) is 20.8 Å². The fraction of sp³-hybridized carbons (Fsp3) is 0.333. The van der Waals surface area contributed by atoms with Gasteiger partial charge in [0.15, 0.2) is 0 Å². The minimum absolute atomic E-state index is 0.0976. The lowest BCUT2D eigenvalue weighted by atomic mass is 10.4. The van der Waals surface area contributed by atoms with Crippen molar-refractivity contribution in [1.82, 2.24) is 10.9 Å². The number of thiophene rings is 1. The van der Waals surface area contributed by atoms with E-state index in [2.05, 4.69) is 26.8 Å². The van der Waals surface area contributed by atoms with E-state index in [0.29, 0.717) is 4.88 Å². The number of nitrogens with one attached hydrogen (secondary N) is 2. The standard InChI is InChI=1S/C9H9BrN2O2S/c10-7-4-3-6(15-7)9(14)12-11-8(13)5-1-2-5/h3-5H,1-2H2,(H,11,13)(H,12,14). The van der Waals surface area contributed by atoms with Crippen LogP contribution in [0.25, 0.3) is 0 Å². The van der Waals surface area contributed by atoms with Gasteiger partial charge in [-0.1, -0.05) is 0 Å². The summed E-state index contributed by atoms with van der Waals surface area (Å²) in [6.07, 6.45) is 1.85. The summed E-state index contributed by atoms with van der Waals surface area (Å²) < 4.78 is 0.890.